The molecule has 1 spiro atoms. The molecule has 3 aromatic rings. The lowest BCUT2D eigenvalue weighted by atomic mass is 9.74. The molecule has 2 aliphatic heterocycles. The molecule has 0 bridgehead atoms. The Bertz CT molecular complexity index is 1220. The van der Waals surface area contributed by atoms with Crippen molar-refractivity contribution in [3.05, 3.63) is 59.5 Å². The number of pyridine rings is 1. The van der Waals surface area contributed by atoms with E-state index in [1.807, 2.05) is 6.07 Å². The molecule has 3 N–H and O–H groups in total. The standard InChI is InChI=1S/C24H22ClFN4O2/c1-14(31)29-21-3-2-15(6-20(21)25)18-8-17(26)9-19(23(18)32)16-4-5-28-22(7-16)30-12-24(13-30)10-27-11-24/h2-9,27,32H,10-13H2,1H3,(H,29,31). The molecule has 2 fully saturated rings. The Hall–Kier alpha value is -3.16. The normalized spacial score (nSPS) is 16.4. The fraction of sp³-hybridized carbons (Fsp3) is 0.250. The van der Waals surface area contributed by atoms with Crippen LogP contribution in [-0.4, -0.2) is 42.2 Å². The van der Waals surface area contributed by atoms with Crippen molar-refractivity contribution in [2.24, 2.45) is 5.41 Å². The fourth-order valence-electron chi connectivity index (χ4n) is 4.40. The van der Waals surface area contributed by atoms with E-state index < -0.39 is 5.82 Å². The van der Waals surface area contributed by atoms with Crippen LogP contribution in [0.4, 0.5) is 15.9 Å². The molecule has 0 unspecified atom stereocenters. The smallest absolute Gasteiger partial charge is 0.221 e. The maximum atomic E-state index is 14.6. The van der Waals surface area contributed by atoms with Gasteiger partial charge in [0.25, 0.3) is 0 Å². The lowest BCUT2D eigenvalue weighted by Crippen LogP contribution is -2.71. The molecule has 0 atom stereocenters. The van der Waals surface area contributed by atoms with Gasteiger partial charge in [0.2, 0.25) is 5.91 Å². The van der Waals surface area contributed by atoms with Gasteiger partial charge in [-0.3, -0.25) is 4.79 Å². The van der Waals surface area contributed by atoms with E-state index in [-0.39, 0.29) is 11.7 Å². The Morgan fingerprint density at radius 2 is 1.84 bits per heavy atom. The van der Waals surface area contributed by atoms with Crippen LogP contribution < -0.4 is 15.5 Å². The molecule has 0 radical (unpaired) electrons. The number of phenolic OH excluding ortho intramolecular Hbond substituents is 1. The summed E-state index contributed by atoms with van der Waals surface area (Å²) in [4.78, 5) is 18.0. The molecule has 0 saturated carbocycles. The molecular weight excluding hydrogens is 431 g/mol. The number of nitrogens with one attached hydrogen (secondary N) is 2. The first kappa shape index (κ1) is 20.7. The first-order chi connectivity index (χ1) is 15.3. The second kappa shape index (κ2) is 7.76. The first-order valence-electron chi connectivity index (χ1n) is 10.4. The zero-order valence-electron chi connectivity index (χ0n) is 17.5. The highest BCUT2D eigenvalue weighted by molar-refractivity contribution is 6.34. The highest BCUT2D eigenvalue weighted by Crippen LogP contribution is 2.42. The van der Waals surface area contributed by atoms with Gasteiger partial charge in [0, 0.05) is 55.8 Å². The molecule has 2 aliphatic rings. The molecule has 8 heteroatoms. The van der Waals surface area contributed by atoms with Gasteiger partial charge < -0.3 is 20.6 Å². The van der Waals surface area contributed by atoms with Crippen LogP contribution in [0.1, 0.15) is 6.92 Å². The topological polar surface area (TPSA) is 77.5 Å². The van der Waals surface area contributed by atoms with Crippen LogP contribution in [0.2, 0.25) is 5.02 Å². The minimum Gasteiger partial charge on any atom is -0.507 e. The van der Waals surface area contributed by atoms with E-state index in [4.69, 9.17) is 11.6 Å². The quantitative estimate of drug-likeness (QED) is 0.550. The third-order valence-electron chi connectivity index (χ3n) is 6.10. The Morgan fingerprint density at radius 3 is 2.44 bits per heavy atom. The zero-order valence-corrected chi connectivity index (χ0v) is 18.2. The monoisotopic (exact) mass is 452 g/mol. The van der Waals surface area contributed by atoms with Gasteiger partial charge in [-0.1, -0.05) is 17.7 Å². The second-order valence-electron chi connectivity index (χ2n) is 8.59. The third-order valence-corrected chi connectivity index (χ3v) is 6.41. The summed E-state index contributed by atoms with van der Waals surface area (Å²) in [7, 11) is 0. The van der Waals surface area contributed by atoms with Gasteiger partial charge in [0.15, 0.2) is 0 Å². The summed E-state index contributed by atoms with van der Waals surface area (Å²) in [6.07, 6.45) is 1.68. The van der Waals surface area contributed by atoms with Crippen molar-refractivity contribution in [3.8, 4) is 28.0 Å². The maximum Gasteiger partial charge on any atom is 0.221 e. The lowest BCUT2D eigenvalue weighted by Gasteiger charge is -2.56. The molecular formula is C24H22ClFN4O2. The van der Waals surface area contributed by atoms with Crippen LogP contribution >= 0.6 is 11.6 Å². The number of aromatic hydroxyl groups is 1. The maximum absolute atomic E-state index is 14.6. The molecule has 3 heterocycles. The van der Waals surface area contributed by atoms with E-state index in [1.54, 1.807) is 30.5 Å². The van der Waals surface area contributed by atoms with Crippen molar-refractivity contribution in [2.75, 3.05) is 36.4 Å². The lowest BCUT2D eigenvalue weighted by molar-refractivity contribution is -0.114. The number of hydrogen-bond acceptors (Lipinski definition) is 5. The number of carbonyl (C=O) groups excluding carboxylic acids is 1. The Kier molecular flexibility index (Phi) is 5.03. The van der Waals surface area contributed by atoms with Gasteiger partial charge in [-0.25, -0.2) is 9.37 Å². The van der Waals surface area contributed by atoms with E-state index in [2.05, 4.69) is 20.5 Å². The molecule has 2 aromatic carbocycles. The van der Waals surface area contributed by atoms with Gasteiger partial charge in [-0.05, 0) is 47.5 Å². The van der Waals surface area contributed by atoms with E-state index in [9.17, 15) is 14.3 Å². The van der Waals surface area contributed by atoms with Crippen molar-refractivity contribution < 1.29 is 14.3 Å². The fourth-order valence-corrected chi connectivity index (χ4v) is 4.63. The van der Waals surface area contributed by atoms with E-state index >= 15 is 0 Å². The number of aromatic nitrogens is 1. The minimum atomic E-state index is -0.475. The number of halogens is 2. The predicted octanol–water partition coefficient (Wildman–Crippen LogP) is 4.28. The zero-order chi connectivity index (χ0) is 22.5. The number of carbonyl (C=O) groups is 1. The van der Waals surface area contributed by atoms with Crippen LogP contribution in [0.3, 0.4) is 0 Å². The molecule has 5 rings (SSSR count). The molecule has 1 aromatic heterocycles. The average molecular weight is 453 g/mol. The van der Waals surface area contributed by atoms with Crippen LogP contribution in [-0.2, 0) is 4.79 Å². The summed E-state index contributed by atoms with van der Waals surface area (Å²) in [6, 6.07) is 11.1. The van der Waals surface area contributed by atoms with Crippen molar-refractivity contribution in [2.45, 2.75) is 6.92 Å². The molecule has 0 aliphatic carbocycles. The van der Waals surface area contributed by atoms with Gasteiger partial charge in [0.05, 0.1) is 10.7 Å². The van der Waals surface area contributed by atoms with Crippen LogP contribution in [0.15, 0.2) is 48.7 Å². The van der Waals surface area contributed by atoms with Crippen LogP contribution in [0.5, 0.6) is 5.75 Å². The minimum absolute atomic E-state index is 0.0461. The van der Waals surface area contributed by atoms with Crippen molar-refractivity contribution >= 4 is 29.0 Å². The summed E-state index contributed by atoms with van der Waals surface area (Å²) in [6.45, 7) is 5.33. The highest BCUT2D eigenvalue weighted by atomic mass is 35.5. The van der Waals surface area contributed by atoms with Crippen molar-refractivity contribution in [1.29, 1.82) is 0 Å². The number of rotatable bonds is 4. The summed E-state index contributed by atoms with van der Waals surface area (Å²) in [5, 5.41) is 17.3. The third kappa shape index (κ3) is 3.67. The van der Waals surface area contributed by atoms with Gasteiger partial charge in [-0.2, -0.15) is 0 Å². The number of phenols is 1. The summed E-state index contributed by atoms with van der Waals surface area (Å²) in [5.41, 5.74) is 2.73. The predicted molar refractivity (Wildman–Crippen MR) is 124 cm³/mol. The SMILES string of the molecule is CC(=O)Nc1ccc(-c2cc(F)cc(-c3ccnc(N4CC5(CNC5)C4)c3)c2O)cc1Cl. The number of anilines is 2. The van der Waals surface area contributed by atoms with Crippen LogP contribution in [0.25, 0.3) is 22.3 Å². The highest BCUT2D eigenvalue weighted by Gasteiger charge is 2.47. The number of amides is 1. The average Bonchev–Trinajstić information content (AvgIpc) is 2.69. The number of hydrogen-bond donors (Lipinski definition) is 3. The molecule has 164 valence electrons. The molecule has 2 saturated heterocycles. The summed E-state index contributed by atoms with van der Waals surface area (Å²) in [5.74, 6) is 0.0468. The van der Waals surface area contributed by atoms with Gasteiger partial charge in [-0.15, -0.1) is 0 Å². The van der Waals surface area contributed by atoms with Gasteiger partial charge >= 0.3 is 0 Å². The number of nitrogens with zero attached hydrogens (tertiary/aromatic N) is 2. The second-order valence-corrected chi connectivity index (χ2v) is 8.99. The Labute approximate surface area is 190 Å². The van der Waals surface area contributed by atoms with Crippen LogP contribution in [0, 0.1) is 11.2 Å². The van der Waals surface area contributed by atoms with Gasteiger partial charge in [0.1, 0.15) is 17.4 Å². The number of benzene rings is 2. The molecule has 1 amide bonds. The summed E-state index contributed by atoms with van der Waals surface area (Å²) < 4.78 is 14.6. The van der Waals surface area contributed by atoms with E-state index in [1.165, 1.54) is 19.1 Å². The van der Waals surface area contributed by atoms with E-state index in [0.717, 1.165) is 32.0 Å². The first-order valence-corrected chi connectivity index (χ1v) is 10.7. The van der Waals surface area contributed by atoms with Crippen molar-refractivity contribution in [3.63, 3.8) is 0 Å². The summed E-state index contributed by atoms with van der Waals surface area (Å²) >= 11 is 6.28. The van der Waals surface area contributed by atoms with E-state index in [0.29, 0.717) is 38.4 Å². The Balaban J connectivity index is 1.48. The Morgan fingerprint density at radius 1 is 1.16 bits per heavy atom. The molecule has 32 heavy (non-hydrogen) atoms. The largest absolute Gasteiger partial charge is 0.507 e. The van der Waals surface area contributed by atoms with Crippen molar-refractivity contribution in [1.82, 2.24) is 10.3 Å². The molecule has 6 nitrogen and oxygen atoms in total.